The van der Waals surface area contributed by atoms with Gasteiger partial charge in [0.25, 0.3) is 0 Å². The van der Waals surface area contributed by atoms with Crippen LogP contribution in [0.15, 0.2) is 30.3 Å². The van der Waals surface area contributed by atoms with Crippen molar-refractivity contribution >= 4 is 18.1 Å². The summed E-state index contributed by atoms with van der Waals surface area (Å²) in [7, 11) is 0. The van der Waals surface area contributed by atoms with Gasteiger partial charge in [-0.25, -0.2) is 0 Å². The van der Waals surface area contributed by atoms with Crippen LogP contribution in [0.2, 0.25) is 0 Å². The summed E-state index contributed by atoms with van der Waals surface area (Å²) in [6, 6.07) is 9.45. The number of hydroxylamine groups is 1. The molecule has 1 aromatic rings. The number of anilines is 1. The molecule has 0 heterocycles. The fraction of sp³-hybridized carbons (Fsp3) is 0.250. The molecular weight excluding hydrogens is 162 g/mol. The first-order valence-electron chi connectivity index (χ1n) is 3.36. The molecule has 0 saturated carbocycles. The van der Waals surface area contributed by atoms with Gasteiger partial charge >= 0.3 is 0 Å². The quantitative estimate of drug-likeness (QED) is 0.694. The van der Waals surface area contributed by atoms with Crippen LogP contribution in [0.3, 0.4) is 0 Å². The van der Waals surface area contributed by atoms with E-state index >= 15 is 0 Å². The smallest absolute Gasteiger partial charge is 0.0633 e. The Morgan fingerprint density at radius 1 is 1.27 bits per heavy atom. The summed E-state index contributed by atoms with van der Waals surface area (Å²) < 4.78 is 0. The standard InChI is InChI=1S/C8H11NO.ClH/c1-2-9(10)8-6-4-3-5-7-8;/h3-7,10H,2H2,1H3;1H. The predicted octanol–water partition coefficient (Wildman–Crippen LogP) is 2.32. The van der Waals surface area contributed by atoms with Crippen molar-refractivity contribution in [3.05, 3.63) is 30.3 Å². The van der Waals surface area contributed by atoms with Gasteiger partial charge in [-0.15, -0.1) is 12.4 Å². The molecule has 2 nitrogen and oxygen atoms in total. The van der Waals surface area contributed by atoms with Crippen molar-refractivity contribution < 1.29 is 5.21 Å². The van der Waals surface area contributed by atoms with Crippen molar-refractivity contribution in [1.82, 2.24) is 0 Å². The molecule has 62 valence electrons. The van der Waals surface area contributed by atoms with E-state index in [1.54, 1.807) is 0 Å². The maximum atomic E-state index is 9.16. The number of hydrogen-bond acceptors (Lipinski definition) is 2. The second-order valence-corrected chi connectivity index (χ2v) is 2.05. The number of halogens is 1. The average molecular weight is 174 g/mol. The monoisotopic (exact) mass is 173 g/mol. The van der Waals surface area contributed by atoms with Gasteiger partial charge in [0.2, 0.25) is 0 Å². The molecule has 0 aliphatic carbocycles. The first-order chi connectivity index (χ1) is 4.84. The van der Waals surface area contributed by atoms with E-state index in [0.717, 1.165) is 5.69 Å². The highest BCUT2D eigenvalue weighted by atomic mass is 35.5. The van der Waals surface area contributed by atoms with E-state index in [1.807, 2.05) is 37.3 Å². The van der Waals surface area contributed by atoms with Gasteiger partial charge in [0.15, 0.2) is 0 Å². The van der Waals surface area contributed by atoms with Crippen LogP contribution in [0.4, 0.5) is 5.69 Å². The molecular formula is C8H12ClNO. The van der Waals surface area contributed by atoms with Crippen LogP contribution in [0.5, 0.6) is 0 Å². The normalized spacial score (nSPS) is 8.55. The van der Waals surface area contributed by atoms with Crippen LogP contribution in [0.25, 0.3) is 0 Å². The molecule has 0 aliphatic heterocycles. The Morgan fingerprint density at radius 2 is 1.82 bits per heavy atom. The minimum absolute atomic E-state index is 0. The minimum atomic E-state index is 0. The Labute approximate surface area is 72.8 Å². The molecule has 0 amide bonds. The summed E-state index contributed by atoms with van der Waals surface area (Å²) in [5.41, 5.74) is 0.838. The zero-order valence-corrected chi connectivity index (χ0v) is 7.21. The molecule has 0 atom stereocenters. The highest BCUT2D eigenvalue weighted by Gasteiger charge is 1.94. The maximum absolute atomic E-state index is 9.16. The van der Waals surface area contributed by atoms with Gasteiger partial charge in [-0.3, -0.25) is 10.3 Å². The molecule has 3 heteroatoms. The Balaban J connectivity index is 0.000001000. The molecule has 0 radical (unpaired) electrons. The van der Waals surface area contributed by atoms with Crippen LogP contribution >= 0.6 is 12.4 Å². The van der Waals surface area contributed by atoms with Crippen LogP contribution in [-0.2, 0) is 0 Å². The predicted molar refractivity (Wildman–Crippen MR) is 48.5 cm³/mol. The van der Waals surface area contributed by atoms with Gasteiger partial charge in [-0.05, 0) is 19.1 Å². The van der Waals surface area contributed by atoms with Gasteiger partial charge in [0.1, 0.15) is 0 Å². The molecule has 0 unspecified atom stereocenters. The lowest BCUT2D eigenvalue weighted by molar-refractivity contribution is 0.260. The summed E-state index contributed by atoms with van der Waals surface area (Å²) in [4.78, 5) is 0. The first-order valence-corrected chi connectivity index (χ1v) is 3.36. The molecule has 0 bridgehead atoms. The highest BCUT2D eigenvalue weighted by Crippen LogP contribution is 2.08. The van der Waals surface area contributed by atoms with E-state index in [1.165, 1.54) is 5.06 Å². The van der Waals surface area contributed by atoms with E-state index in [2.05, 4.69) is 0 Å². The second kappa shape index (κ2) is 4.99. The van der Waals surface area contributed by atoms with E-state index < -0.39 is 0 Å². The minimum Gasteiger partial charge on any atom is -0.288 e. The molecule has 0 spiro atoms. The number of rotatable bonds is 2. The lowest BCUT2D eigenvalue weighted by Gasteiger charge is -2.12. The third-order valence-electron chi connectivity index (χ3n) is 1.35. The molecule has 11 heavy (non-hydrogen) atoms. The van der Waals surface area contributed by atoms with E-state index in [4.69, 9.17) is 5.21 Å². The summed E-state index contributed by atoms with van der Waals surface area (Å²) in [6.07, 6.45) is 0. The van der Waals surface area contributed by atoms with Crippen LogP contribution in [0, 0.1) is 0 Å². The molecule has 1 N–H and O–H groups in total. The van der Waals surface area contributed by atoms with Crippen molar-refractivity contribution in [2.75, 3.05) is 11.6 Å². The van der Waals surface area contributed by atoms with Gasteiger partial charge < -0.3 is 0 Å². The van der Waals surface area contributed by atoms with E-state index in [-0.39, 0.29) is 12.4 Å². The third-order valence-corrected chi connectivity index (χ3v) is 1.35. The lowest BCUT2D eigenvalue weighted by atomic mass is 10.3. The lowest BCUT2D eigenvalue weighted by Crippen LogP contribution is -2.16. The van der Waals surface area contributed by atoms with Gasteiger partial charge in [-0.1, -0.05) is 18.2 Å². The number of nitrogens with zero attached hydrogens (tertiary/aromatic N) is 1. The SMILES string of the molecule is CCN(O)c1ccccc1.Cl. The first kappa shape index (κ1) is 10.3. The largest absolute Gasteiger partial charge is 0.288 e. The molecule has 1 aromatic carbocycles. The summed E-state index contributed by atoms with van der Waals surface area (Å²) in [5, 5.41) is 10.4. The van der Waals surface area contributed by atoms with Crippen LogP contribution < -0.4 is 5.06 Å². The fourth-order valence-electron chi connectivity index (χ4n) is 0.783. The van der Waals surface area contributed by atoms with Crippen molar-refractivity contribution in [2.24, 2.45) is 0 Å². The summed E-state index contributed by atoms with van der Waals surface area (Å²) in [6.45, 7) is 2.51. The maximum Gasteiger partial charge on any atom is 0.0633 e. The van der Waals surface area contributed by atoms with Gasteiger partial charge in [0, 0.05) is 6.54 Å². The zero-order valence-electron chi connectivity index (χ0n) is 6.40. The average Bonchev–Trinajstić information content (AvgIpc) is 2.05. The van der Waals surface area contributed by atoms with Crippen LogP contribution in [-0.4, -0.2) is 11.8 Å². The molecule has 0 aromatic heterocycles. The third kappa shape index (κ3) is 2.78. The number of hydrogen-bond donors (Lipinski definition) is 1. The van der Waals surface area contributed by atoms with Crippen molar-refractivity contribution in [3.8, 4) is 0 Å². The van der Waals surface area contributed by atoms with E-state index in [9.17, 15) is 0 Å². The molecule has 0 fully saturated rings. The number of benzene rings is 1. The molecule has 0 saturated heterocycles. The summed E-state index contributed by atoms with van der Waals surface area (Å²) in [5.74, 6) is 0. The number of para-hydroxylation sites is 1. The summed E-state index contributed by atoms with van der Waals surface area (Å²) >= 11 is 0. The zero-order chi connectivity index (χ0) is 7.40. The Morgan fingerprint density at radius 3 is 2.27 bits per heavy atom. The Hall–Kier alpha value is -0.730. The van der Waals surface area contributed by atoms with Crippen molar-refractivity contribution in [3.63, 3.8) is 0 Å². The van der Waals surface area contributed by atoms with Gasteiger partial charge in [0.05, 0.1) is 5.69 Å². The molecule has 1 rings (SSSR count). The highest BCUT2D eigenvalue weighted by molar-refractivity contribution is 5.85. The van der Waals surface area contributed by atoms with Crippen molar-refractivity contribution in [2.45, 2.75) is 6.92 Å². The van der Waals surface area contributed by atoms with Crippen LogP contribution in [0.1, 0.15) is 6.92 Å². The van der Waals surface area contributed by atoms with Gasteiger partial charge in [-0.2, -0.15) is 0 Å². The van der Waals surface area contributed by atoms with E-state index in [0.29, 0.717) is 6.54 Å². The Bertz CT molecular complexity index is 191. The topological polar surface area (TPSA) is 23.5 Å². The molecule has 0 aliphatic rings. The Kier molecular flexibility index (Phi) is 4.66. The second-order valence-electron chi connectivity index (χ2n) is 2.05. The fourth-order valence-corrected chi connectivity index (χ4v) is 0.783. The van der Waals surface area contributed by atoms with Crippen molar-refractivity contribution in [1.29, 1.82) is 0 Å².